The van der Waals surface area contributed by atoms with Gasteiger partial charge in [0.2, 0.25) is 0 Å². The van der Waals surface area contributed by atoms with Gasteiger partial charge in [-0.3, -0.25) is 14.6 Å². The predicted molar refractivity (Wildman–Crippen MR) is 107 cm³/mol. The molecule has 3 heterocycles. The van der Waals surface area contributed by atoms with E-state index in [1.54, 1.807) is 54.5 Å². The molecule has 9 heteroatoms. The van der Waals surface area contributed by atoms with Gasteiger partial charge in [0.1, 0.15) is 5.82 Å². The number of carbonyl (C=O) groups excluding carboxylic acids is 2. The predicted octanol–water partition coefficient (Wildman–Crippen LogP) is 3.27. The van der Waals surface area contributed by atoms with Crippen molar-refractivity contribution in [3.63, 3.8) is 0 Å². The maximum atomic E-state index is 13.3. The van der Waals surface area contributed by atoms with E-state index in [9.17, 15) is 14.0 Å². The van der Waals surface area contributed by atoms with E-state index in [2.05, 4.69) is 4.99 Å². The van der Waals surface area contributed by atoms with E-state index < -0.39 is 18.2 Å². The topological polar surface area (TPSA) is 65.5 Å². The molecule has 5 rings (SSSR count). The summed E-state index contributed by atoms with van der Waals surface area (Å²) in [6, 6.07) is 11.9. The Morgan fingerprint density at radius 3 is 2.60 bits per heavy atom. The third kappa shape index (κ3) is 2.83. The molecule has 2 unspecified atom stereocenters. The zero-order valence-electron chi connectivity index (χ0n) is 15.8. The van der Waals surface area contributed by atoms with Crippen LogP contribution >= 0.6 is 11.6 Å². The highest BCUT2D eigenvalue weighted by Gasteiger charge is 2.54. The monoisotopic (exact) mass is 426 g/mol. The van der Waals surface area contributed by atoms with Gasteiger partial charge in [0.25, 0.3) is 11.9 Å². The van der Waals surface area contributed by atoms with E-state index in [1.807, 2.05) is 0 Å². The van der Waals surface area contributed by atoms with Crippen molar-refractivity contribution in [2.75, 3.05) is 7.05 Å². The van der Waals surface area contributed by atoms with E-state index in [0.717, 1.165) is 0 Å². The molecular weight excluding hydrogens is 411 g/mol. The van der Waals surface area contributed by atoms with Gasteiger partial charge in [-0.1, -0.05) is 29.8 Å². The lowest BCUT2D eigenvalue weighted by atomic mass is 10.1. The molecule has 1 saturated heterocycles. The first-order valence-electron chi connectivity index (χ1n) is 9.27. The molecule has 3 aliphatic heterocycles. The number of amidine groups is 1. The molecule has 0 spiro atoms. The molecule has 0 saturated carbocycles. The molecule has 3 aliphatic rings. The lowest BCUT2D eigenvalue weighted by Gasteiger charge is -2.39. The van der Waals surface area contributed by atoms with Gasteiger partial charge in [0.05, 0.1) is 12.7 Å². The SMILES string of the molecule is CN1C(=O)N(Cc2ccccc2Cl)C(=O)C2C1N=C1OC(c3ccc(F)cc3)=CN12. The summed E-state index contributed by atoms with van der Waals surface area (Å²) in [5.41, 5.74) is 1.33. The highest BCUT2D eigenvalue weighted by atomic mass is 35.5. The highest BCUT2D eigenvalue weighted by molar-refractivity contribution is 6.31. The van der Waals surface area contributed by atoms with Crippen LogP contribution in [0.3, 0.4) is 0 Å². The number of ether oxygens (including phenoxy) is 1. The summed E-state index contributed by atoms with van der Waals surface area (Å²) in [5.74, 6) is -0.285. The Morgan fingerprint density at radius 2 is 1.87 bits per heavy atom. The van der Waals surface area contributed by atoms with Crippen LogP contribution in [0.15, 0.2) is 59.7 Å². The summed E-state index contributed by atoms with van der Waals surface area (Å²) in [6.45, 7) is 0.0590. The zero-order valence-corrected chi connectivity index (χ0v) is 16.6. The van der Waals surface area contributed by atoms with E-state index >= 15 is 0 Å². The van der Waals surface area contributed by atoms with Gasteiger partial charge in [-0.25, -0.2) is 14.2 Å². The normalized spacial score (nSPS) is 22.6. The van der Waals surface area contributed by atoms with Crippen LogP contribution in [0.25, 0.3) is 5.76 Å². The van der Waals surface area contributed by atoms with Crippen LogP contribution in [0, 0.1) is 5.82 Å². The first kappa shape index (κ1) is 18.6. The molecule has 0 bridgehead atoms. The quantitative estimate of drug-likeness (QED) is 0.755. The molecule has 0 aromatic heterocycles. The Hall–Kier alpha value is -3.39. The molecule has 3 amide bonds. The summed E-state index contributed by atoms with van der Waals surface area (Å²) >= 11 is 6.22. The minimum Gasteiger partial charge on any atom is -0.423 e. The van der Waals surface area contributed by atoms with Gasteiger partial charge < -0.3 is 9.64 Å². The highest BCUT2D eigenvalue weighted by Crippen LogP contribution is 2.36. The molecule has 2 atom stereocenters. The number of hydrogen-bond acceptors (Lipinski definition) is 5. The van der Waals surface area contributed by atoms with Gasteiger partial charge in [0.15, 0.2) is 18.0 Å². The number of benzene rings is 2. The van der Waals surface area contributed by atoms with Gasteiger partial charge >= 0.3 is 6.03 Å². The number of urea groups is 1. The summed E-state index contributed by atoms with van der Waals surface area (Å²) in [6.07, 6.45) is 0.972. The Balaban J connectivity index is 1.45. The number of likely N-dealkylation sites (N-methyl/N-ethyl adjacent to an activating group) is 1. The minimum atomic E-state index is -0.747. The lowest BCUT2D eigenvalue weighted by Crippen LogP contribution is -2.63. The Morgan fingerprint density at radius 1 is 1.13 bits per heavy atom. The number of imide groups is 1. The molecule has 2 aromatic rings. The Labute approximate surface area is 176 Å². The second-order valence-corrected chi connectivity index (χ2v) is 7.60. The fraction of sp³-hybridized carbons (Fsp3) is 0.190. The second kappa shape index (κ2) is 6.84. The molecule has 0 radical (unpaired) electrons. The molecule has 152 valence electrons. The number of amides is 3. The van der Waals surface area contributed by atoms with Crippen LogP contribution in [-0.4, -0.2) is 51.9 Å². The first-order valence-corrected chi connectivity index (χ1v) is 9.65. The largest absolute Gasteiger partial charge is 0.423 e. The molecule has 0 aliphatic carbocycles. The first-order chi connectivity index (χ1) is 14.4. The van der Waals surface area contributed by atoms with E-state index in [1.165, 1.54) is 21.9 Å². The Bertz CT molecular complexity index is 1120. The molecule has 0 N–H and O–H groups in total. The van der Waals surface area contributed by atoms with E-state index in [4.69, 9.17) is 16.3 Å². The van der Waals surface area contributed by atoms with E-state index in [-0.39, 0.29) is 24.3 Å². The summed E-state index contributed by atoms with van der Waals surface area (Å²) in [7, 11) is 1.60. The third-order valence-corrected chi connectivity index (χ3v) is 5.74. The molecule has 7 nitrogen and oxygen atoms in total. The van der Waals surface area contributed by atoms with Gasteiger partial charge in [-0.05, 0) is 35.9 Å². The van der Waals surface area contributed by atoms with Crippen molar-refractivity contribution < 1.29 is 18.7 Å². The van der Waals surface area contributed by atoms with Gasteiger partial charge in [-0.15, -0.1) is 0 Å². The standard InChI is InChI=1S/C21H16ClFN4O3/c1-25-18-17(19(28)27(21(25)29)10-13-4-2-3-5-15(13)22)26-11-16(30-20(26)24-18)12-6-8-14(23)9-7-12/h2-9,11,17-18H,10H2,1H3. The van der Waals surface area contributed by atoms with Crippen LogP contribution in [0.1, 0.15) is 11.1 Å². The average molecular weight is 427 g/mol. The number of halogens is 2. The van der Waals surface area contributed by atoms with Crippen molar-refractivity contribution in [2.24, 2.45) is 4.99 Å². The van der Waals surface area contributed by atoms with Crippen LogP contribution in [-0.2, 0) is 16.1 Å². The van der Waals surface area contributed by atoms with Crippen LogP contribution in [0.4, 0.5) is 9.18 Å². The summed E-state index contributed by atoms with van der Waals surface area (Å²) < 4.78 is 19.0. The van der Waals surface area contributed by atoms with E-state index in [0.29, 0.717) is 21.9 Å². The maximum absolute atomic E-state index is 13.3. The van der Waals surface area contributed by atoms with Crippen molar-refractivity contribution in [1.82, 2.24) is 14.7 Å². The number of carbonyl (C=O) groups is 2. The number of aliphatic imine (C=N–C) groups is 1. The Kier molecular flexibility index (Phi) is 4.25. The van der Waals surface area contributed by atoms with Crippen molar-refractivity contribution in [2.45, 2.75) is 18.8 Å². The number of fused-ring (bicyclic) bond motifs is 3. The van der Waals surface area contributed by atoms with Crippen LogP contribution < -0.4 is 0 Å². The fourth-order valence-corrected chi connectivity index (χ4v) is 3.97. The van der Waals surface area contributed by atoms with Crippen molar-refractivity contribution in [3.8, 4) is 0 Å². The second-order valence-electron chi connectivity index (χ2n) is 7.19. The lowest BCUT2D eigenvalue weighted by molar-refractivity contribution is -0.137. The molecule has 2 aromatic carbocycles. The summed E-state index contributed by atoms with van der Waals surface area (Å²) in [4.78, 5) is 34.8. The van der Waals surface area contributed by atoms with Crippen molar-refractivity contribution >= 4 is 35.3 Å². The van der Waals surface area contributed by atoms with Crippen LogP contribution in [0.2, 0.25) is 5.02 Å². The minimum absolute atomic E-state index is 0.0590. The van der Waals surface area contributed by atoms with Crippen LogP contribution in [0.5, 0.6) is 0 Å². The fourth-order valence-electron chi connectivity index (χ4n) is 3.77. The number of nitrogens with zero attached hydrogens (tertiary/aromatic N) is 4. The maximum Gasteiger partial charge on any atom is 0.328 e. The zero-order chi connectivity index (χ0) is 21.0. The average Bonchev–Trinajstić information content (AvgIpc) is 3.29. The van der Waals surface area contributed by atoms with Crippen molar-refractivity contribution in [3.05, 3.63) is 76.7 Å². The summed E-state index contributed by atoms with van der Waals surface area (Å²) in [5, 5.41) is 0.481. The smallest absolute Gasteiger partial charge is 0.328 e. The number of rotatable bonds is 3. The number of hydrogen-bond donors (Lipinski definition) is 0. The van der Waals surface area contributed by atoms with Crippen molar-refractivity contribution in [1.29, 1.82) is 0 Å². The van der Waals surface area contributed by atoms with Gasteiger partial charge in [-0.2, -0.15) is 0 Å². The third-order valence-electron chi connectivity index (χ3n) is 5.37. The van der Waals surface area contributed by atoms with Gasteiger partial charge in [0, 0.05) is 17.6 Å². The molecule has 30 heavy (non-hydrogen) atoms. The molecule has 1 fully saturated rings. The molecular formula is C21H16ClFN4O3.